The zero-order valence-corrected chi connectivity index (χ0v) is 18.6. The van der Waals surface area contributed by atoms with Crippen molar-refractivity contribution in [1.82, 2.24) is 14.9 Å². The van der Waals surface area contributed by atoms with Crippen LogP contribution in [0.3, 0.4) is 0 Å². The van der Waals surface area contributed by atoms with E-state index in [2.05, 4.69) is 17.1 Å². The van der Waals surface area contributed by atoms with Gasteiger partial charge < -0.3 is 15.0 Å². The molecule has 0 unspecified atom stereocenters. The van der Waals surface area contributed by atoms with Gasteiger partial charge in [-0.15, -0.1) is 0 Å². The maximum Gasteiger partial charge on any atom is 0.267 e. The molecule has 7 nitrogen and oxygen atoms in total. The first kappa shape index (κ1) is 20.7. The first-order valence-corrected chi connectivity index (χ1v) is 11.3. The molecular weight excluding hydrogens is 404 g/mol. The number of aryl methyl sites for hydroxylation is 2. The van der Waals surface area contributed by atoms with E-state index in [1.807, 2.05) is 25.1 Å². The van der Waals surface area contributed by atoms with E-state index >= 15 is 0 Å². The van der Waals surface area contributed by atoms with Gasteiger partial charge in [-0.2, -0.15) is 0 Å². The van der Waals surface area contributed by atoms with Gasteiger partial charge in [-0.1, -0.05) is 6.07 Å². The van der Waals surface area contributed by atoms with Crippen molar-refractivity contribution in [3.8, 4) is 5.69 Å². The van der Waals surface area contributed by atoms with Crippen LogP contribution in [0.2, 0.25) is 0 Å². The van der Waals surface area contributed by atoms with Crippen LogP contribution in [0.4, 0.5) is 5.95 Å². The minimum atomic E-state index is -0.135. The van der Waals surface area contributed by atoms with E-state index < -0.39 is 0 Å². The molecule has 1 aromatic heterocycles. The third-order valence-electron chi connectivity index (χ3n) is 6.40. The average molecular weight is 433 g/mol. The Labute approximate surface area is 187 Å². The first-order valence-electron chi connectivity index (χ1n) is 11.3. The highest BCUT2D eigenvalue weighted by atomic mass is 16.5. The Balaban J connectivity index is 1.63. The Morgan fingerprint density at radius 1 is 1.09 bits per heavy atom. The van der Waals surface area contributed by atoms with Crippen LogP contribution >= 0.6 is 0 Å². The second kappa shape index (κ2) is 8.39. The zero-order chi connectivity index (χ0) is 22.2. The van der Waals surface area contributed by atoms with E-state index in [0.29, 0.717) is 61.2 Å². The largest absolute Gasteiger partial charge is 0.378 e. The van der Waals surface area contributed by atoms with Crippen molar-refractivity contribution >= 4 is 22.8 Å². The van der Waals surface area contributed by atoms with Gasteiger partial charge in [0, 0.05) is 25.2 Å². The van der Waals surface area contributed by atoms with E-state index in [-0.39, 0.29) is 11.5 Å². The van der Waals surface area contributed by atoms with E-state index in [9.17, 15) is 9.59 Å². The molecule has 5 rings (SSSR count). The summed E-state index contributed by atoms with van der Waals surface area (Å²) in [5.41, 5.74) is 4.01. The molecule has 0 atom stereocenters. The molecule has 1 aliphatic heterocycles. The lowest BCUT2D eigenvalue weighted by atomic mass is 10.1. The molecule has 1 amide bonds. The Morgan fingerprint density at radius 2 is 1.88 bits per heavy atom. The van der Waals surface area contributed by atoms with Crippen molar-refractivity contribution in [3.05, 3.63) is 63.4 Å². The van der Waals surface area contributed by atoms with Crippen molar-refractivity contribution in [2.75, 3.05) is 37.7 Å². The summed E-state index contributed by atoms with van der Waals surface area (Å²) >= 11 is 0. The molecule has 7 heteroatoms. The van der Waals surface area contributed by atoms with Gasteiger partial charge in [-0.25, -0.2) is 9.55 Å². The van der Waals surface area contributed by atoms with Gasteiger partial charge in [0.1, 0.15) is 0 Å². The maximum absolute atomic E-state index is 13.7. The van der Waals surface area contributed by atoms with Gasteiger partial charge in [0.15, 0.2) is 0 Å². The summed E-state index contributed by atoms with van der Waals surface area (Å²) in [6, 6.07) is 11.2. The molecule has 32 heavy (non-hydrogen) atoms. The zero-order valence-electron chi connectivity index (χ0n) is 18.6. The standard InChI is InChI=1S/C25H28N4O3/c1-16-3-7-20(13-17(16)2)29-24(31)21-8-6-19(23(30)26-15-18-4-5-18)14-22(21)27-25(29)28-9-11-32-12-10-28/h3,6-8,13-14,18H,4-5,9-12,15H2,1-2H3,(H,26,30). The molecule has 1 N–H and O–H groups in total. The molecular formula is C25H28N4O3. The van der Waals surface area contributed by atoms with Crippen LogP contribution in [0, 0.1) is 19.8 Å². The van der Waals surface area contributed by atoms with Crippen LogP contribution in [0.15, 0.2) is 41.2 Å². The number of amides is 1. The van der Waals surface area contributed by atoms with Crippen LogP contribution in [0.1, 0.15) is 34.3 Å². The van der Waals surface area contributed by atoms with E-state index in [1.165, 1.54) is 18.4 Å². The van der Waals surface area contributed by atoms with Crippen molar-refractivity contribution in [1.29, 1.82) is 0 Å². The van der Waals surface area contributed by atoms with Gasteiger partial charge in [-0.05, 0) is 74.1 Å². The summed E-state index contributed by atoms with van der Waals surface area (Å²) in [4.78, 5) is 33.2. The summed E-state index contributed by atoms with van der Waals surface area (Å²) in [7, 11) is 0. The molecule has 2 aliphatic rings. The number of ether oxygens (including phenoxy) is 1. The van der Waals surface area contributed by atoms with Crippen molar-refractivity contribution < 1.29 is 9.53 Å². The minimum absolute atomic E-state index is 0.119. The molecule has 2 aromatic carbocycles. The Kier molecular flexibility index (Phi) is 5.43. The predicted octanol–water partition coefficient (Wildman–Crippen LogP) is 2.98. The lowest BCUT2D eigenvalue weighted by Crippen LogP contribution is -2.40. The maximum atomic E-state index is 13.7. The topological polar surface area (TPSA) is 76.5 Å². The van der Waals surface area contributed by atoms with Crippen molar-refractivity contribution in [2.24, 2.45) is 5.92 Å². The number of benzene rings is 2. The summed E-state index contributed by atoms with van der Waals surface area (Å²) in [6.07, 6.45) is 2.36. The van der Waals surface area contributed by atoms with E-state index in [4.69, 9.17) is 9.72 Å². The summed E-state index contributed by atoms with van der Waals surface area (Å²) in [5.74, 6) is 1.08. The van der Waals surface area contributed by atoms with Gasteiger partial charge in [0.05, 0.1) is 29.8 Å². The van der Waals surface area contributed by atoms with Gasteiger partial charge in [0.2, 0.25) is 5.95 Å². The molecule has 0 bridgehead atoms. The monoisotopic (exact) mass is 432 g/mol. The van der Waals surface area contributed by atoms with Crippen molar-refractivity contribution in [2.45, 2.75) is 26.7 Å². The van der Waals surface area contributed by atoms with Crippen LogP contribution < -0.4 is 15.8 Å². The number of nitrogens with zero attached hydrogens (tertiary/aromatic N) is 3. The second-order valence-corrected chi connectivity index (χ2v) is 8.81. The second-order valence-electron chi connectivity index (χ2n) is 8.81. The fraction of sp³-hybridized carbons (Fsp3) is 0.400. The number of hydrogen-bond acceptors (Lipinski definition) is 5. The van der Waals surface area contributed by atoms with Crippen LogP contribution in [-0.2, 0) is 4.74 Å². The van der Waals surface area contributed by atoms with E-state index in [1.54, 1.807) is 22.8 Å². The first-order chi connectivity index (χ1) is 15.5. The number of carbonyl (C=O) groups is 1. The molecule has 166 valence electrons. The highest BCUT2D eigenvalue weighted by Gasteiger charge is 2.23. The number of morpholine rings is 1. The Morgan fingerprint density at radius 3 is 2.59 bits per heavy atom. The number of rotatable bonds is 5. The molecule has 0 spiro atoms. The number of carbonyl (C=O) groups excluding carboxylic acids is 1. The fourth-order valence-corrected chi connectivity index (χ4v) is 4.05. The Bertz CT molecular complexity index is 1240. The van der Waals surface area contributed by atoms with Crippen LogP contribution in [0.25, 0.3) is 16.6 Å². The van der Waals surface area contributed by atoms with Crippen LogP contribution in [0.5, 0.6) is 0 Å². The highest BCUT2D eigenvalue weighted by molar-refractivity contribution is 5.97. The summed E-state index contributed by atoms with van der Waals surface area (Å²) in [6.45, 7) is 7.29. The number of fused-ring (bicyclic) bond motifs is 1. The Hall–Kier alpha value is -3.19. The minimum Gasteiger partial charge on any atom is -0.378 e. The SMILES string of the molecule is Cc1ccc(-n2c(N3CCOCC3)nc3cc(C(=O)NCC4CC4)ccc3c2=O)cc1C. The van der Waals surface area contributed by atoms with Crippen molar-refractivity contribution in [3.63, 3.8) is 0 Å². The normalized spacial score (nSPS) is 16.4. The van der Waals surface area contributed by atoms with Gasteiger partial charge in [-0.3, -0.25) is 9.59 Å². The highest BCUT2D eigenvalue weighted by Crippen LogP contribution is 2.28. The number of aromatic nitrogens is 2. The quantitative estimate of drug-likeness (QED) is 0.671. The predicted molar refractivity (Wildman–Crippen MR) is 125 cm³/mol. The van der Waals surface area contributed by atoms with Crippen LogP contribution in [-0.4, -0.2) is 48.3 Å². The van der Waals surface area contributed by atoms with Gasteiger partial charge >= 0.3 is 0 Å². The molecule has 1 saturated carbocycles. The lowest BCUT2D eigenvalue weighted by Gasteiger charge is -2.30. The molecule has 1 saturated heterocycles. The van der Waals surface area contributed by atoms with E-state index in [0.717, 1.165) is 11.3 Å². The number of nitrogens with one attached hydrogen (secondary N) is 1. The van der Waals surface area contributed by atoms with Gasteiger partial charge in [0.25, 0.3) is 11.5 Å². The third kappa shape index (κ3) is 4.00. The lowest BCUT2D eigenvalue weighted by molar-refractivity contribution is 0.0952. The molecule has 2 heterocycles. The number of hydrogen-bond donors (Lipinski definition) is 1. The summed E-state index contributed by atoms with van der Waals surface area (Å²) < 4.78 is 7.20. The molecule has 0 radical (unpaired) electrons. The average Bonchev–Trinajstić information content (AvgIpc) is 3.64. The fourth-order valence-electron chi connectivity index (χ4n) is 4.05. The molecule has 2 fully saturated rings. The summed E-state index contributed by atoms with van der Waals surface area (Å²) in [5, 5.41) is 3.49. The molecule has 1 aliphatic carbocycles. The number of anilines is 1. The third-order valence-corrected chi connectivity index (χ3v) is 6.40. The molecule has 3 aromatic rings. The smallest absolute Gasteiger partial charge is 0.267 e.